The first-order valence-electron chi connectivity index (χ1n) is 7.00. The van der Waals surface area contributed by atoms with Gasteiger partial charge in [0.05, 0.1) is 6.04 Å². The number of nitrogens with zero attached hydrogens (tertiary/aromatic N) is 1. The predicted octanol–water partition coefficient (Wildman–Crippen LogP) is 2.91. The molecule has 2 rings (SSSR count). The molecule has 1 aromatic carbocycles. The zero-order valence-corrected chi connectivity index (χ0v) is 11.7. The van der Waals surface area contributed by atoms with Gasteiger partial charge < -0.3 is 16.0 Å². The third-order valence-electron chi connectivity index (χ3n) is 3.47. The number of nitrogens with two attached hydrogens (primary N) is 1. The number of rotatable bonds is 2. The first-order chi connectivity index (χ1) is 9.08. The summed E-state index contributed by atoms with van der Waals surface area (Å²) in [5.74, 6) is 0. The number of piperidine rings is 1. The van der Waals surface area contributed by atoms with Crippen LogP contribution in [0, 0.1) is 0 Å². The van der Waals surface area contributed by atoms with E-state index in [2.05, 4.69) is 11.4 Å². The molecule has 0 aromatic heterocycles. The van der Waals surface area contributed by atoms with Gasteiger partial charge in [0, 0.05) is 18.3 Å². The molecule has 1 atom stereocenters. The number of likely N-dealkylation sites (tertiary alicyclic amines) is 1. The molecule has 0 bridgehead atoms. The molecule has 0 spiro atoms. The lowest BCUT2D eigenvalue weighted by atomic mass is 9.95. The van der Waals surface area contributed by atoms with Gasteiger partial charge in [0.1, 0.15) is 0 Å². The third-order valence-corrected chi connectivity index (χ3v) is 3.47. The minimum Gasteiger partial charge on any atom is -0.399 e. The molecule has 1 saturated heterocycles. The predicted molar refractivity (Wildman–Crippen MR) is 77.8 cm³/mol. The van der Waals surface area contributed by atoms with Gasteiger partial charge in [-0.3, -0.25) is 0 Å². The number of carbonyl (C=O) groups is 1. The van der Waals surface area contributed by atoms with Crippen molar-refractivity contribution in [1.82, 2.24) is 10.2 Å². The highest BCUT2D eigenvalue weighted by Crippen LogP contribution is 2.31. The molecule has 1 fully saturated rings. The Bertz CT molecular complexity index is 445. The van der Waals surface area contributed by atoms with Crippen molar-refractivity contribution in [3.8, 4) is 0 Å². The molecule has 1 aliphatic rings. The Kier molecular flexibility index (Phi) is 4.30. The summed E-state index contributed by atoms with van der Waals surface area (Å²) in [6.07, 6.45) is 3.24. The number of hydrogen-bond donors (Lipinski definition) is 2. The lowest BCUT2D eigenvalue weighted by molar-refractivity contribution is 0.149. The Balaban J connectivity index is 2.18. The van der Waals surface area contributed by atoms with E-state index in [0.29, 0.717) is 0 Å². The van der Waals surface area contributed by atoms with Crippen molar-refractivity contribution in [3.63, 3.8) is 0 Å². The van der Waals surface area contributed by atoms with Gasteiger partial charge in [0.15, 0.2) is 0 Å². The van der Waals surface area contributed by atoms with Gasteiger partial charge in [-0.05, 0) is 50.8 Å². The van der Waals surface area contributed by atoms with Crippen molar-refractivity contribution < 1.29 is 4.79 Å². The van der Waals surface area contributed by atoms with E-state index in [9.17, 15) is 4.79 Å². The van der Waals surface area contributed by atoms with Crippen LogP contribution in [0.15, 0.2) is 24.3 Å². The lowest BCUT2D eigenvalue weighted by Gasteiger charge is -2.36. The number of urea groups is 1. The van der Waals surface area contributed by atoms with Crippen molar-refractivity contribution in [2.45, 2.75) is 45.2 Å². The van der Waals surface area contributed by atoms with Crippen molar-refractivity contribution in [2.75, 3.05) is 12.3 Å². The molecule has 0 radical (unpaired) electrons. The standard InChI is InChI=1S/C15H23N3O/c1-11(2)17-15(19)18-9-4-3-8-14(18)12-6-5-7-13(16)10-12/h5-7,10-11,14H,3-4,8-9,16H2,1-2H3,(H,17,19). The molecular weight excluding hydrogens is 238 g/mol. The zero-order valence-electron chi connectivity index (χ0n) is 11.7. The monoisotopic (exact) mass is 261 g/mol. The summed E-state index contributed by atoms with van der Waals surface area (Å²) in [7, 11) is 0. The summed E-state index contributed by atoms with van der Waals surface area (Å²) in [6.45, 7) is 4.78. The van der Waals surface area contributed by atoms with E-state index in [0.717, 1.165) is 37.1 Å². The van der Waals surface area contributed by atoms with Gasteiger partial charge in [-0.25, -0.2) is 4.79 Å². The van der Waals surface area contributed by atoms with Crippen LogP contribution < -0.4 is 11.1 Å². The van der Waals surface area contributed by atoms with Crippen molar-refractivity contribution in [1.29, 1.82) is 0 Å². The lowest BCUT2D eigenvalue weighted by Crippen LogP contribution is -2.46. The number of hydrogen-bond acceptors (Lipinski definition) is 2. The minimum absolute atomic E-state index is 0.0297. The number of nitrogens with one attached hydrogen (secondary N) is 1. The summed E-state index contributed by atoms with van der Waals surface area (Å²) in [6, 6.07) is 8.21. The van der Waals surface area contributed by atoms with E-state index >= 15 is 0 Å². The highest BCUT2D eigenvalue weighted by molar-refractivity contribution is 5.75. The summed E-state index contributed by atoms with van der Waals surface area (Å²) in [5.41, 5.74) is 7.74. The highest BCUT2D eigenvalue weighted by Gasteiger charge is 2.28. The van der Waals surface area contributed by atoms with Crippen LogP contribution in [-0.4, -0.2) is 23.5 Å². The normalized spacial score (nSPS) is 19.5. The van der Waals surface area contributed by atoms with E-state index in [-0.39, 0.29) is 18.1 Å². The van der Waals surface area contributed by atoms with Crippen LogP contribution in [-0.2, 0) is 0 Å². The second-order valence-electron chi connectivity index (χ2n) is 5.48. The number of anilines is 1. The number of nitrogen functional groups attached to an aromatic ring is 1. The van der Waals surface area contributed by atoms with Crippen LogP contribution in [0.1, 0.15) is 44.7 Å². The fourth-order valence-electron chi connectivity index (χ4n) is 2.62. The summed E-state index contributed by atoms with van der Waals surface area (Å²) < 4.78 is 0. The van der Waals surface area contributed by atoms with Crippen molar-refractivity contribution >= 4 is 11.7 Å². The van der Waals surface area contributed by atoms with E-state index in [1.54, 1.807) is 0 Å². The maximum Gasteiger partial charge on any atom is 0.318 e. The number of amides is 2. The number of benzene rings is 1. The molecule has 1 heterocycles. The molecule has 2 amide bonds. The highest BCUT2D eigenvalue weighted by atomic mass is 16.2. The van der Waals surface area contributed by atoms with E-state index in [1.165, 1.54) is 0 Å². The zero-order chi connectivity index (χ0) is 13.8. The average molecular weight is 261 g/mol. The Morgan fingerprint density at radius 3 is 2.89 bits per heavy atom. The molecule has 0 aliphatic carbocycles. The molecule has 104 valence electrons. The Hall–Kier alpha value is -1.71. The molecule has 4 heteroatoms. The van der Waals surface area contributed by atoms with Crippen LogP contribution >= 0.6 is 0 Å². The largest absolute Gasteiger partial charge is 0.399 e. The van der Waals surface area contributed by atoms with Crippen LogP contribution in [0.3, 0.4) is 0 Å². The van der Waals surface area contributed by atoms with Gasteiger partial charge in [0.2, 0.25) is 0 Å². The van der Waals surface area contributed by atoms with Crippen LogP contribution in [0.25, 0.3) is 0 Å². The van der Waals surface area contributed by atoms with Gasteiger partial charge in [-0.1, -0.05) is 12.1 Å². The van der Waals surface area contributed by atoms with Crippen LogP contribution in [0.4, 0.5) is 10.5 Å². The first-order valence-corrected chi connectivity index (χ1v) is 7.00. The fourth-order valence-corrected chi connectivity index (χ4v) is 2.62. The summed E-state index contributed by atoms with van der Waals surface area (Å²) in [4.78, 5) is 14.2. The first kappa shape index (κ1) is 13.7. The van der Waals surface area contributed by atoms with E-state index in [4.69, 9.17) is 5.73 Å². The second kappa shape index (κ2) is 5.95. The van der Waals surface area contributed by atoms with Gasteiger partial charge in [-0.2, -0.15) is 0 Å². The van der Waals surface area contributed by atoms with Gasteiger partial charge in [-0.15, -0.1) is 0 Å². The average Bonchev–Trinajstić information content (AvgIpc) is 2.38. The van der Waals surface area contributed by atoms with Crippen LogP contribution in [0.2, 0.25) is 0 Å². The molecule has 4 nitrogen and oxygen atoms in total. The Morgan fingerprint density at radius 1 is 1.42 bits per heavy atom. The third kappa shape index (κ3) is 3.40. The van der Waals surface area contributed by atoms with E-state index < -0.39 is 0 Å². The molecule has 1 unspecified atom stereocenters. The molecule has 3 N–H and O–H groups in total. The van der Waals surface area contributed by atoms with Crippen LogP contribution in [0.5, 0.6) is 0 Å². The SMILES string of the molecule is CC(C)NC(=O)N1CCCCC1c1cccc(N)c1. The minimum atomic E-state index is 0.0297. The topological polar surface area (TPSA) is 58.4 Å². The summed E-state index contributed by atoms with van der Waals surface area (Å²) >= 11 is 0. The maximum atomic E-state index is 12.3. The van der Waals surface area contributed by atoms with Gasteiger partial charge >= 0.3 is 6.03 Å². The fraction of sp³-hybridized carbons (Fsp3) is 0.533. The summed E-state index contributed by atoms with van der Waals surface area (Å²) in [5, 5.41) is 2.98. The maximum absolute atomic E-state index is 12.3. The molecule has 1 aliphatic heterocycles. The number of carbonyl (C=O) groups excluding carboxylic acids is 1. The van der Waals surface area contributed by atoms with Crippen molar-refractivity contribution in [2.24, 2.45) is 0 Å². The smallest absolute Gasteiger partial charge is 0.318 e. The van der Waals surface area contributed by atoms with Crippen molar-refractivity contribution in [3.05, 3.63) is 29.8 Å². The molecular formula is C15H23N3O. The quantitative estimate of drug-likeness (QED) is 0.804. The van der Waals surface area contributed by atoms with Gasteiger partial charge in [0.25, 0.3) is 0 Å². The second-order valence-corrected chi connectivity index (χ2v) is 5.48. The Morgan fingerprint density at radius 2 is 2.21 bits per heavy atom. The Labute approximate surface area is 115 Å². The molecule has 19 heavy (non-hydrogen) atoms. The molecule has 0 saturated carbocycles. The molecule has 1 aromatic rings. The van der Waals surface area contributed by atoms with E-state index in [1.807, 2.05) is 36.9 Å².